The number of rotatable bonds is 3. The maximum Gasteiger partial charge on any atom is 0.304 e. The van der Waals surface area contributed by atoms with E-state index in [4.69, 9.17) is 5.73 Å². The minimum atomic E-state index is -0.625. The fraction of sp³-hybridized carbons (Fsp3) is 0.417. The van der Waals surface area contributed by atoms with E-state index in [0.29, 0.717) is 0 Å². The predicted octanol–water partition coefficient (Wildman–Crippen LogP) is 1.31. The van der Waals surface area contributed by atoms with Crippen molar-refractivity contribution in [3.05, 3.63) is 33.9 Å². The van der Waals surface area contributed by atoms with E-state index in [1.165, 1.54) is 18.2 Å². The Bertz CT molecular complexity index is 498. The van der Waals surface area contributed by atoms with Gasteiger partial charge in [0.25, 0.3) is 5.91 Å². The van der Waals surface area contributed by atoms with E-state index < -0.39 is 10.8 Å². The second-order valence-corrected chi connectivity index (χ2v) is 4.49. The van der Waals surface area contributed by atoms with Gasteiger partial charge in [0.15, 0.2) is 0 Å². The number of nitro groups is 1. The van der Waals surface area contributed by atoms with Gasteiger partial charge in [-0.1, -0.05) is 12.5 Å². The molecule has 1 aliphatic heterocycles. The number of nitro benzene ring substituents is 1. The molecule has 0 atom stereocenters. The summed E-state index contributed by atoms with van der Waals surface area (Å²) in [6, 6.07) is 4.36. The number of anilines is 1. The summed E-state index contributed by atoms with van der Waals surface area (Å²) in [6.07, 6.45) is 3.17. The number of carbonyl (C=O) groups is 1. The van der Waals surface area contributed by atoms with E-state index in [1.807, 2.05) is 0 Å². The Morgan fingerprint density at radius 1 is 1.32 bits per heavy atom. The first-order valence-electron chi connectivity index (χ1n) is 6.18. The summed E-state index contributed by atoms with van der Waals surface area (Å²) in [5, 5.41) is 12.8. The van der Waals surface area contributed by atoms with E-state index >= 15 is 0 Å². The number of benzene rings is 1. The molecule has 0 unspecified atom stereocenters. The molecule has 3 N–H and O–H groups in total. The zero-order valence-electron chi connectivity index (χ0n) is 10.5. The SMILES string of the molecule is Nc1cccc(C(=O)NN2CCCCC2)c1[N+](=O)[O-]. The molecule has 0 aliphatic carbocycles. The second kappa shape index (κ2) is 5.66. The van der Waals surface area contributed by atoms with Crippen molar-refractivity contribution in [1.29, 1.82) is 0 Å². The van der Waals surface area contributed by atoms with E-state index in [2.05, 4.69) is 5.43 Å². The van der Waals surface area contributed by atoms with Crippen LogP contribution in [0.3, 0.4) is 0 Å². The number of nitrogens with two attached hydrogens (primary N) is 1. The smallest absolute Gasteiger partial charge is 0.304 e. The van der Waals surface area contributed by atoms with Crippen LogP contribution < -0.4 is 11.2 Å². The van der Waals surface area contributed by atoms with Crippen molar-refractivity contribution < 1.29 is 9.72 Å². The summed E-state index contributed by atoms with van der Waals surface area (Å²) in [5.41, 5.74) is 7.91. The summed E-state index contributed by atoms with van der Waals surface area (Å²) in [5.74, 6) is -0.485. The second-order valence-electron chi connectivity index (χ2n) is 4.49. The average Bonchev–Trinajstić information content (AvgIpc) is 2.39. The number of nitrogens with one attached hydrogen (secondary N) is 1. The van der Waals surface area contributed by atoms with Crippen molar-refractivity contribution >= 4 is 17.3 Å². The molecule has 0 saturated carbocycles. The zero-order valence-corrected chi connectivity index (χ0v) is 10.5. The third-order valence-corrected chi connectivity index (χ3v) is 3.11. The average molecular weight is 264 g/mol. The highest BCUT2D eigenvalue weighted by atomic mass is 16.6. The van der Waals surface area contributed by atoms with Crippen molar-refractivity contribution in [1.82, 2.24) is 10.4 Å². The molecule has 2 rings (SSSR count). The fourth-order valence-corrected chi connectivity index (χ4v) is 2.16. The van der Waals surface area contributed by atoms with E-state index in [0.717, 1.165) is 32.4 Å². The maximum absolute atomic E-state index is 12.1. The number of carbonyl (C=O) groups excluding carboxylic acids is 1. The van der Waals surface area contributed by atoms with E-state index in [1.54, 1.807) is 5.01 Å². The third-order valence-electron chi connectivity index (χ3n) is 3.11. The van der Waals surface area contributed by atoms with Gasteiger partial charge in [-0.25, -0.2) is 5.01 Å². The molecule has 0 radical (unpaired) electrons. The predicted molar refractivity (Wildman–Crippen MR) is 70.4 cm³/mol. The molecule has 1 fully saturated rings. The molecule has 1 amide bonds. The summed E-state index contributed by atoms with van der Waals surface area (Å²) >= 11 is 0. The number of para-hydroxylation sites is 1. The van der Waals surface area contributed by atoms with Crippen LogP contribution in [0.4, 0.5) is 11.4 Å². The summed E-state index contributed by atoms with van der Waals surface area (Å²) < 4.78 is 0. The highest BCUT2D eigenvalue weighted by Gasteiger charge is 2.24. The molecule has 7 heteroatoms. The van der Waals surface area contributed by atoms with Crippen LogP contribution in [-0.4, -0.2) is 28.9 Å². The van der Waals surface area contributed by atoms with Gasteiger partial charge in [0.2, 0.25) is 0 Å². The molecule has 7 nitrogen and oxygen atoms in total. The summed E-state index contributed by atoms with van der Waals surface area (Å²) in [7, 11) is 0. The van der Waals surface area contributed by atoms with Crippen LogP contribution in [0.5, 0.6) is 0 Å². The van der Waals surface area contributed by atoms with Crippen LogP contribution in [0.1, 0.15) is 29.6 Å². The summed E-state index contributed by atoms with van der Waals surface area (Å²) in [6.45, 7) is 1.53. The number of nitrogens with zero attached hydrogens (tertiary/aromatic N) is 2. The highest BCUT2D eigenvalue weighted by Crippen LogP contribution is 2.25. The van der Waals surface area contributed by atoms with Crippen molar-refractivity contribution in [2.24, 2.45) is 0 Å². The third kappa shape index (κ3) is 3.00. The molecule has 0 bridgehead atoms. The van der Waals surface area contributed by atoms with Gasteiger partial charge in [-0.2, -0.15) is 0 Å². The molecule has 102 valence electrons. The monoisotopic (exact) mass is 264 g/mol. The van der Waals surface area contributed by atoms with Gasteiger partial charge in [0.05, 0.1) is 4.92 Å². The normalized spacial score (nSPS) is 16.0. The van der Waals surface area contributed by atoms with Gasteiger partial charge < -0.3 is 5.73 Å². The number of amides is 1. The standard InChI is InChI=1S/C12H16N4O3/c13-10-6-4-5-9(11(10)16(18)19)12(17)14-15-7-2-1-3-8-15/h4-6H,1-3,7-8,13H2,(H,14,17). The van der Waals surface area contributed by atoms with Crippen LogP contribution in [0.15, 0.2) is 18.2 Å². The van der Waals surface area contributed by atoms with Crippen molar-refractivity contribution in [2.45, 2.75) is 19.3 Å². The number of hydrazine groups is 1. The van der Waals surface area contributed by atoms with Crippen LogP contribution in [-0.2, 0) is 0 Å². The van der Waals surface area contributed by atoms with Crippen LogP contribution in [0.2, 0.25) is 0 Å². The topological polar surface area (TPSA) is 102 Å². The Hall–Kier alpha value is -2.15. The molecule has 0 spiro atoms. The molecular weight excluding hydrogens is 248 g/mol. The van der Waals surface area contributed by atoms with Crippen molar-refractivity contribution in [2.75, 3.05) is 18.8 Å². The highest BCUT2D eigenvalue weighted by molar-refractivity contribution is 5.99. The Kier molecular flexibility index (Phi) is 3.96. The van der Waals surface area contributed by atoms with Crippen molar-refractivity contribution in [3.63, 3.8) is 0 Å². The fourth-order valence-electron chi connectivity index (χ4n) is 2.16. The number of nitrogen functional groups attached to an aromatic ring is 1. The van der Waals surface area contributed by atoms with Gasteiger partial charge in [0.1, 0.15) is 11.3 Å². The Morgan fingerprint density at radius 3 is 2.63 bits per heavy atom. The van der Waals surface area contributed by atoms with Crippen molar-refractivity contribution in [3.8, 4) is 0 Å². The van der Waals surface area contributed by atoms with Gasteiger partial charge in [-0.3, -0.25) is 20.3 Å². The van der Waals surface area contributed by atoms with E-state index in [9.17, 15) is 14.9 Å². The molecular formula is C12H16N4O3. The van der Waals surface area contributed by atoms with Gasteiger partial charge in [-0.05, 0) is 25.0 Å². The molecule has 1 heterocycles. The molecule has 1 aromatic rings. The molecule has 19 heavy (non-hydrogen) atoms. The van der Waals surface area contributed by atoms with Gasteiger partial charge in [-0.15, -0.1) is 0 Å². The first-order valence-corrected chi connectivity index (χ1v) is 6.18. The quantitative estimate of drug-likeness (QED) is 0.487. The van der Waals surface area contributed by atoms with Gasteiger partial charge >= 0.3 is 5.69 Å². The van der Waals surface area contributed by atoms with E-state index in [-0.39, 0.29) is 16.9 Å². The van der Waals surface area contributed by atoms with Crippen LogP contribution in [0, 0.1) is 10.1 Å². The number of piperidine rings is 1. The van der Waals surface area contributed by atoms with Crippen LogP contribution in [0.25, 0.3) is 0 Å². The maximum atomic E-state index is 12.1. The minimum Gasteiger partial charge on any atom is -0.393 e. The Morgan fingerprint density at radius 2 is 2.00 bits per heavy atom. The Labute approximate surface area is 110 Å². The first kappa shape index (κ1) is 13.3. The van der Waals surface area contributed by atoms with Crippen LogP contribution >= 0.6 is 0 Å². The lowest BCUT2D eigenvalue weighted by molar-refractivity contribution is -0.384. The lowest BCUT2D eigenvalue weighted by Crippen LogP contribution is -2.45. The molecule has 1 aliphatic rings. The Balaban J connectivity index is 2.18. The summed E-state index contributed by atoms with van der Waals surface area (Å²) in [4.78, 5) is 22.4. The zero-order chi connectivity index (χ0) is 13.8. The minimum absolute atomic E-state index is 0.00343. The lowest BCUT2D eigenvalue weighted by Gasteiger charge is -2.26. The number of hydrogen-bond donors (Lipinski definition) is 2. The molecule has 1 saturated heterocycles. The number of hydrogen-bond acceptors (Lipinski definition) is 5. The molecule has 1 aromatic carbocycles. The first-order chi connectivity index (χ1) is 9.09. The lowest BCUT2D eigenvalue weighted by atomic mass is 10.1. The van der Waals surface area contributed by atoms with Gasteiger partial charge in [0, 0.05) is 13.1 Å². The molecule has 0 aromatic heterocycles. The largest absolute Gasteiger partial charge is 0.393 e.